The van der Waals surface area contributed by atoms with Gasteiger partial charge in [0, 0.05) is 26.2 Å². The lowest BCUT2D eigenvalue weighted by molar-refractivity contribution is -0.119. The van der Waals surface area contributed by atoms with Gasteiger partial charge in [-0.25, -0.2) is 0 Å². The SMILES string of the molecule is C#C.CCCCCCCCCN(C=O)CCCCCCCCC.CCCCCCCCCN(C=O)CCCCCCCCC. The van der Waals surface area contributed by atoms with Crippen molar-refractivity contribution in [3.05, 3.63) is 0 Å². The van der Waals surface area contributed by atoms with Gasteiger partial charge in [-0.2, -0.15) is 0 Å². The lowest BCUT2D eigenvalue weighted by Crippen LogP contribution is -2.24. The highest BCUT2D eigenvalue weighted by atomic mass is 16.1. The Morgan fingerprint density at radius 3 is 0.636 bits per heavy atom. The van der Waals surface area contributed by atoms with Gasteiger partial charge in [-0.3, -0.25) is 9.59 Å². The lowest BCUT2D eigenvalue weighted by atomic mass is 10.1. The molecule has 4 heteroatoms. The van der Waals surface area contributed by atoms with Crippen LogP contribution in [0.5, 0.6) is 0 Å². The molecule has 0 aliphatic rings. The zero-order chi connectivity index (χ0) is 33.2. The second-order valence-corrected chi connectivity index (χ2v) is 12.8. The van der Waals surface area contributed by atoms with Crippen LogP contribution in [0.25, 0.3) is 0 Å². The number of hydrogen-bond donors (Lipinski definition) is 0. The summed E-state index contributed by atoms with van der Waals surface area (Å²) in [6.45, 7) is 12.9. The fraction of sp³-hybridized carbons (Fsp3) is 0.900. The summed E-state index contributed by atoms with van der Waals surface area (Å²) < 4.78 is 0. The number of amides is 2. The smallest absolute Gasteiger partial charge is 0.209 e. The predicted octanol–water partition coefficient (Wildman–Crippen LogP) is 12.1. The Balaban J connectivity index is -0.000000723. The third kappa shape index (κ3) is 42.6. The van der Waals surface area contributed by atoms with Crippen molar-refractivity contribution in [3.63, 3.8) is 0 Å². The predicted molar refractivity (Wildman–Crippen MR) is 197 cm³/mol. The number of hydrogen-bond acceptors (Lipinski definition) is 2. The number of nitrogens with zero attached hydrogens (tertiary/aromatic N) is 2. The zero-order valence-electron chi connectivity index (χ0n) is 30.6. The number of unbranched alkanes of at least 4 members (excludes halogenated alkanes) is 24. The molecule has 0 unspecified atom stereocenters. The standard InChI is InChI=1S/2C19H39NO.C2H2/c2*1-3-5-7-9-11-13-15-17-20(19-21)18-16-14-12-10-8-6-4-2;1-2/h2*19H,3-18H2,1-2H3;1-2H. The first-order valence-corrected chi connectivity index (χ1v) is 19.4. The van der Waals surface area contributed by atoms with E-state index in [1.807, 2.05) is 9.80 Å². The highest BCUT2D eigenvalue weighted by Crippen LogP contribution is 2.11. The van der Waals surface area contributed by atoms with Gasteiger partial charge < -0.3 is 9.80 Å². The summed E-state index contributed by atoms with van der Waals surface area (Å²) >= 11 is 0. The van der Waals surface area contributed by atoms with Crippen molar-refractivity contribution in [3.8, 4) is 12.8 Å². The van der Waals surface area contributed by atoms with Gasteiger partial charge in [-0.1, -0.05) is 182 Å². The molecule has 0 aromatic heterocycles. The van der Waals surface area contributed by atoms with E-state index in [4.69, 9.17) is 0 Å². The number of terminal acetylenes is 1. The summed E-state index contributed by atoms with van der Waals surface area (Å²) in [5, 5.41) is 0. The summed E-state index contributed by atoms with van der Waals surface area (Å²) in [6.07, 6.45) is 47.1. The minimum Gasteiger partial charge on any atom is -0.345 e. The molecular weight excluding hydrogens is 540 g/mol. The van der Waals surface area contributed by atoms with Gasteiger partial charge in [-0.05, 0) is 25.7 Å². The molecule has 0 saturated heterocycles. The van der Waals surface area contributed by atoms with Gasteiger partial charge in [0.15, 0.2) is 0 Å². The molecule has 0 aliphatic carbocycles. The monoisotopic (exact) mass is 621 g/mol. The van der Waals surface area contributed by atoms with Crippen LogP contribution in [0.2, 0.25) is 0 Å². The summed E-state index contributed by atoms with van der Waals surface area (Å²) in [6, 6.07) is 0. The molecule has 262 valence electrons. The first kappa shape index (κ1) is 46.9. The van der Waals surface area contributed by atoms with E-state index in [-0.39, 0.29) is 0 Å². The first-order valence-electron chi connectivity index (χ1n) is 19.4. The molecule has 0 saturated carbocycles. The number of rotatable bonds is 34. The van der Waals surface area contributed by atoms with Gasteiger partial charge in [0.25, 0.3) is 0 Å². The topological polar surface area (TPSA) is 40.6 Å². The summed E-state index contributed by atoms with van der Waals surface area (Å²) in [4.78, 5) is 26.1. The lowest BCUT2D eigenvalue weighted by Gasteiger charge is -2.17. The van der Waals surface area contributed by atoms with E-state index >= 15 is 0 Å². The zero-order valence-corrected chi connectivity index (χ0v) is 30.6. The third-order valence-corrected chi connectivity index (χ3v) is 8.49. The molecule has 2 amide bonds. The fourth-order valence-electron chi connectivity index (χ4n) is 5.52. The Kier molecular flexibility index (Phi) is 49.0. The maximum Gasteiger partial charge on any atom is 0.209 e. The molecule has 0 aromatic carbocycles. The van der Waals surface area contributed by atoms with Crippen LogP contribution in [-0.4, -0.2) is 48.8 Å². The molecule has 0 N–H and O–H groups in total. The second kappa shape index (κ2) is 45.9. The van der Waals surface area contributed by atoms with Crippen molar-refractivity contribution >= 4 is 12.8 Å². The number of carbonyl (C=O) groups excluding carboxylic acids is 2. The molecule has 0 rings (SSSR count). The molecular formula is C40H80N2O2. The van der Waals surface area contributed by atoms with E-state index in [1.54, 1.807) is 0 Å². The molecule has 0 radical (unpaired) electrons. The minimum absolute atomic E-state index is 0.965. The Labute approximate surface area is 278 Å². The van der Waals surface area contributed by atoms with Crippen molar-refractivity contribution in [1.29, 1.82) is 0 Å². The van der Waals surface area contributed by atoms with Crippen LogP contribution in [0.1, 0.15) is 207 Å². The van der Waals surface area contributed by atoms with E-state index in [0.717, 1.165) is 39.0 Å². The molecule has 0 aromatic rings. The molecule has 0 aliphatic heterocycles. The van der Waals surface area contributed by atoms with Crippen molar-refractivity contribution in [2.45, 2.75) is 207 Å². The summed E-state index contributed by atoms with van der Waals surface area (Å²) in [7, 11) is 0. The fourth-order valence-corrected chi connectivity index (χ4v) is 5.52. The molecule has 0 heterocycles. The minimum atomic E-state index is 0.965. The number of carbonyl (C=O) groups is 2. The van der Waals surface area contributed by atoms with Gasteiger partial charge in [0.2, 0.25) is 12.8 Å². The maximum absolute atomic E-state index is 11.0. The van der Waals surface area contributed by atoms with Gasteiger partial charge in [-0.15, -0.1) is 12.8 Å². The molecule has 4 nitrogen and oxygen atoms in total. The Morgan fingerprint density at radius 2 is 0.477 bits per heavy atom. The van der Waals surface area contributed by atoms with E-state index in [0.29, 0.717) is 0 Å². The molecule has 44 heavy (non-hydrogen) atoms. The van der Waals surface area contributed by atoms with E-state index in [9.17, 15) is 9.59 Å². The van der Waals surface area contributed by atoms with Crippen molar-refractivity contribution in [2.75, 3.05) is 26.2 Å². The summed E-state index contributed by atoms with van der Waals surface area (Å²) in [5.74, 6) is 0. The van der Waals surface area contributed by atoms with Crippen molar-refractivity contribution < 1.29 is 9.59 Å². The molecule has 0 fully saturated rings. The molecule has 0 spiro atoms. The van der Waals surface area contributed by atoms with Crippen LogP contribution < -0.4 is 0 Å². The van der Waals surface area contributed by atoms with E-state index < -0.39 is 0 Å². The Morgan fingerprint density at radius 1 is 0.318 bits per heavy atom. The quantitative estimate of drug-likeness (QED) is 0.0408. The molecule has 0 bridgehead atoms. The normalized spacial score (nSPS) is 10.3. The largest absolute Gasteiger partial charge is 0.345 e. The Bertz CT molecular complexity index is 457. The highest BCUT2D eigenvalue weighted by molar-refractivity contribution is 5.47. The van der Waals surface area contributed by atoms with Crippen LogP contribution in [0.3, 0.4) is 0 Å². The van der Waals surface area contributed by atoms with Crippen LogP contribution in [0.4, 0.5) is 0 Å². The van der Waals surface area contributed by atoms with Crippen LogP contribution in [0.15, 0.2) is 0 Å². The Hall–Kier alpha value is -1.50. The van der Waals surface area contributed by atoms with Gasteiger partial charge in [0.1, 0.15) is 0 Å². The summed E-state index contributed by atoms with van der Waals surface area (Å²) in [5.41, 5.74) is 0. The van der Waals surface area contributed by atoms with Gasteiger partial charge in [0.05, 0.1) is 0 Å². The van der Waals surface area contributed by atoms with Crippen LogP contribution >= 0.6 is 0 Å². The molecule has 0 atom stereocenters. The van der Waals surface area contributed by atoms with E-state index in [2.05, 4.69) is 40.5 Å². The van der Waals surface area contributed by atoms with Crippen LogP contribution in [-0.2, 0) is 9.59 Å². The average Bonchev–Trinajstić information content (AvgIpc) is 3.05. The average molecular weight is 621 g/mol. The van der Waals surface area contributed by atoms with Gasteiger partial charge >= 0.3 is 0 Å². The third-order valence-electron chi connectivity index (χ3n) is 8.49. The van der Waals surface area contributed by atoms with Crippen LogP contribution in [0, 0.1) is 12.8 Å². The van der Waals surface area contributed by atoms with Crippen molar-refractivity contribution in [1.82, 2.24) is 9.80 Å². The highest BCUT2D eigenvalue weighted by Gasteiger charge is 2.02. The van der Waals surface area contributed by atoms with E-state index in [1.165, 1.54) is 180 Å². The maximum atomic E-state index is 11.0. The van der Waals surface area contributed by atoms with Crippen molar-refractivity contribution in [2.24, 2.45) is 0 Å². The first-order chi connectivity index (χ1) is 21.7. The second-order valence-electron chi connectivity index (χ2n) is 12.8.